The number of Topliss-reactive ketones (excluding diaryl/α,β-unsaturated/α-hetero) is 1. The Morgan fingerprint density at radius 3 is 2.33 bits per heavy atom. The first-order chi connectivity index (χ1) is 19.0. The van der Waals surface area contributed by atoms with Crippen molar-refractivity contribution < 1.29 is 38.1 Å². The third kappa shape index (κ3) is 5.05. The van der Waals surface area contributed by atoms with Gasteiger partial charge in [0.05, 0.1) is 46.2 Å². The molecule has 3 aromatic rings. The molecule has 39 heavy (non-hydrogen) atoms. The lowest BCUT2D eigenvalue weighted by Crippen LogP contribution is -2.39. The molecule has 0 radical (unpaired) electrons. The van der Waals surface area contributed by atoms with Crippen LogP contribution in [0.15, 0.2) is 58.2 Å². The standard InChI is InChI=1S/C29H32N2O8/c1-35-22-16-19(17-23(36-2)28(22)37-3)25-24(26(32)21-15-18-7-4-5-8-20(18)39-21)27(33)29(34)31(25)10-6-9-30-11-13-38-14-12-30/h4-5,7-8,15-17,25,33H,6,9-14H2,1-3H3/t25-/m1/s1. The van der Waals surface area contributed by atoms with Gasteiger partial charge in [0.2, 0.25) is 11.5 Å². The number of furan rings is 1. The molecule has 0 bridgehead atoms. The summed E-state index contributed by atoms with van der Waals surface area (Å²) in [6.45, 7) is 4.07. The summed E-state index contributed by atoms with van der Waals surface area (Å²) in [6.07, 6.45) is 0.645. The maximum atomic E-state index is 13.9. The highest BCUT2D eigenvalue weighted by Gasteiger charge is 2.45. The largest absolute Gasteiger partial charge is 0.503 e. The minimum atomic E-state index is -0.892. The normalized spacial score (nSPS) is 18.2. The second-order valence-electron chi connectivity index (χ2n) is 9.41. The van der Waals surface area contributed by atoms with Crippen molar-refractivity contribution in [2.45, 2.75) is 12.5 Å². The van der Waals surface area contributed by atoms with Crippen molar-refractivity contribution in [3.63, 3.8) is 0 Å². The lowest BCUT2D eigenvalue weighted by atomic mass is 9.94. The number of carbonyl (C=O) groups excluding carboxylic acids is 2. The van der Waals surface area contributed by atoms with E-state index in [1.807, 2.05) is 18.2 Å². The number of fused-ring (bicyclic) bond motifs is 1. The highest BCUT2D eigenvalue weighted by Crippen LogP contribution is 2.45. The number of rotatable bonds is 10. The van der Waals surface area contributed by atoms with Crippen LogP contribution >= 0.6 is 0 Å². The monoisotopic (exact) mass is 536 g/mol. The molecule has 1 atom stereocenters. The molecule has 2 aliphatic heterocycles. The van der Waals surface area contributed by atoms with Crippen molar-refractivity contribution in [3.05, 3.63) is 65.1 Å². The number of ketones is 1. The average Bonchev–Trinajstić information content (AvgIpc) is 3.51. The molecule has 1 saturated heterocycles. The number of aliphatic hydroxyl groups is 1. The number of hydrogen-bond donors (Lipinski definition) is 1. The Bertz CT molecular complexity index is 1350. The minimum Gasteiger partial charge on any atom is -0.503 e. The van der Waals surface area contributed by atoms with Gasteiger partial charge in [0, 0.05) is 31.6 Å². The predicted octanol–water partition coefficient (Wildman–Crippen LogP) is 3.76. The summed E-state index contributed by atoms with van der Waals surface area (Å²) in [6, 6.07) is 11.4. The van der Waals surface area contributed by atoms with E-state index in [9.17, 15) is 14.7 Å². The zero-order valence-corrected chi connectivity index (χ0v) is 22.3. The lowest BCUT2D eigenvalue weighted by Gasteiger charge is -2.30. The third-order valence-corrected chi connectivity index (χ3v) is 7.18. The number of methoxy groups -OCH3 is 3. The summed E-state index contributed by atoms with van der Waals surface area (Å²) in [5.74, 6) is -0.611. The number of amides is 1. The van der Waals surface area contributed by atoms with Crippen LogP contribution in [-0.4, -0.2) is 87.3 Å². The maximum Gasteiger partial charge on any atom is 0.290 e. The Morgan fingerprint density at radius 1 is 1.00 bits per heavy atom. The van der Waals surface area contributed by atoms with E-state index >= 15 is 0 Å². The van der Waals surface area contributed by atoms with Crippen LogP contribution in [0.3, 0.4) is 0 Å². The van der Waals surface area contributed by atoms with Gasteiger partial charge in [-0.25, -0.2) is 0 Å². The molecule has 10 heteroatoms. The first-order valence-electron chi connectivity index (χ1n) is 12.8. The summed E-state index contributed by atoms with van der Waals surface area (Å²) in [5.41, 5.74) is 1.02. The molecule has 2 aromatic carbocycles. The molecule has 5 rings (SSSR count). The van der Waals surface area contributed by atoms with Crippen LogP contribution in [0.25, 0.3) is 11.0 Å². The van der Waals surface area contributed by atoms with Crippen molar-refractivity contribution >= 4 is 22.7 Å². The Kier molecular flexibility index (Phi) is 7.76. The molecule has 0 unspecified atom stereocenters. The fourth-order valence-electron chi connectivity index (χ4n) is 5.24. The molecule has 1 fully saturated rings. The van der Waals surface area contributed by atoms with Gasteiger partial charge in [-0.05, 0) is 36.2 Å². The van der Waals surface area contributed by atoms with Crippen molar-refractivity contribution in [2.75, 3.05) is 60.7 Å². The molecule has 1 N–H and O–H groups in total. The van der Waals surface area contributed by atoms with Gasteiger partial charge in [0.15, 0.2) is 23.0 Å². The Morgan fingerprint density at radius 2 is 1.69 bits per heavy atom. The van der Waals surface area contributed by atoms with Crippen LogP contribution in [-0.2, 0) is 9.53 Å². The molecule has 1 amide bonds. The molecule has 3 heterocycles. The van der Waals surface area contributed by atoms with Crippen molar-refractivity contribution in [3.8, 4) is 17.2 Å². The number of nitrogens with zero attached hydrogens (tertiary/aromatic N) is 2. The van der Waals surface area contributed by atoms with Gasteiger partial charge >= 0.3 is 0 Å². The van der Waals surface area contributed by atoms with E-state index in [1.165, 1.54) is 26.2 Å². The summed E-state index contributed by atoms with van der Waals surface area (Å²) in [7, 11) is 4.49. The molecule has 0 aliphatic carbocycles. The van der Waals surface area contributed by atoms with Gasteiger partial charge in [-0.3, -0.25) is 14.5 Å². The van der Waals surface area contributed by atoms with Gasteiger partial charge in [-0.1, -0.05) is 18.2 Å². The highest BCUT2D eigenvalue weighted by molar-refractivity contribution is 6.16. The first-order valence-corrected chi connectivity index (χ1v) is 12.8. The molecular formula is C29H32N2O8. The van der Waals surface area contributed by atoms with Crippen molar-refractivity contribution in [1.29, 1.82) is 0 Å². The summed E-state index contributed by atoms with van der Waals surface area (Å²) < 4.78 is 27.8. The van der Waals surface area contributed by atoms with E-state index in [4.69, 9.17) is 23.4 Å². The molecule has 10 nitrogen and oxygen atoms in total. The van der Waals surface area contributed by atoms with E-state index in [0.717, 1.165) is 25.0 Å². The SMILES string of the molecule is COc1cc([C@@H]2C(C(=O)c3cc4ccccc4o3)=C(O)C(=O)N2CCCN2CCOCC2)cc(OC)c1OC. The molecular weight excluding hydrogens is 504 g/mol. The van der Waals surface area contributed by atoms with E-state index < -0.39 is 23.5 Å². The summed E-state index contributed by atoms with van der Waals surface area (Å²) in [5, 5.41) is 11.8. The number of hydrogen-bond acceptors (Lipinski definition) is 9. The number of ether oxygens (including phenoxy) is 4. The van der Waals surface area contributed by atoms with Crippen LogP contribution in [0.5, 0.6) is 17.2 Å². The van der Waals surface area contributed by atoms with Gasteiger partial charge < -0.3 is 33.4 Å². The number of carbonyl (C=O) groups is 2. The topological polar surface area (TPSA) is 111 Å². The molecule has 206 valence electrons. The predicted molar refractivity (Wildman–Crippen MR) is 143 cm³/mol. The fourth-order valence-corrected chi connectivity index (χ4v) is 5.24. The van der Waals surface area contributed by atoms with Gasteiger partial charge in [0.1, 0.15) is 5.58 Å². The number of benzene rings is 2. The van der Waals surface area contributed by atoms with E-state index in [1.54, 1.807) is 24.3 Å². The first kappa shape index (κ1) is 26.6. The van der Waals surface area contributed by atoms with Crippen LogP contribution in [0.2, 0.25) is 0 Å². The van der Waals surface area contributed by atoms with Crippen LogP contribution in [0, 0.1) is 0 Å². The Labute approximate surface area is 226 Å². The summed E-state index contributed by atoms with van der Waals surface area (Å²) >= 11 is 0. The lowest BCUT2D eigenvalue weighted by molar-refractivity contribution is -0.129. The van der Waals surface area contributed by atoms with E-state index in [0.29, 0.717) is 54.6 Å². The number of morpholine rings is 1. The van der Waals surface area contributed by atoms with Gasteiger partial charge in [0.25, 0.3) is 5.91 Å². The molecule has 0 spiro atoms. The molecule has 1 aromatic heterocycles. The highest BCUT2D eigenvalue weighted by atomic mass is 16.5. The van der Waals surface area contributed by atoms with Crippen molar-refractivity contribution in [2.24, 2.45) is 0 Å². The summed E-state index contributed by atoms with van der Waals surface area (Å²) in [4.78, 5) is 31.1. The fraction of sp³-hybridized carbons (Fsp3) is 0.379. The Hall–Kier alpha value is -4.02. The smallest absolute Gasteiger partial charge is 0.290 e. The second kappa shape index (κ2) is 11.4. The van der Waals surface area contributed by atoms with Gasteiger partial charge in [-0.15, -0.1) is 0 Å². The third-order valence-electron chi connectivity index (χ3n) is 7.18. The maximum absolute atomic E-state index is 13.9. The van der Waals surface area contributed by atoms with E-state index in [-0.39, 0.29) is 11.3 Å². The van der Waals surface area contributed by atoms with E-state index in [2.05, 4.69) is 4.90 Å². The zero-order valence-electron chi connectivity index (χ0n) is 22.3. The average molecular weight is 537 g/mol. The van der Waals surface area contributed by atoms with Crippen LogP contribution in [0.4, 0.5) is 0 Å². The second-order valence-corrected chi connectivity index (χ2v) is 9.41. The van der Waals surface area contributed by atoms with Crippen LogP contribution < -0.4 is 14.2 Å². The van der Waals surface area contributed by atoms with Crippen molar-refractivity contribution in [1.82, 2.24) is 9.80 Å². The zero-order chi connectivity index (χ0) is 27.5. The van der Waals surface area contributed by atoms with Crippen LogP contribution in [0.1, 0.15) is 28.6 Å². The quantitative estimate of drug-likeness (QED) is 0.387. The number of para-hydroxylation sites is 1. The molecule has 2 aliphatic rings. The number of aliphatic hydroxyl groups excluding tert-OH is 1. The Balaban J connectivity index is 1.54. The van der Waals surface area contributed by atoms with Gasteiger partial charge in [-0.2, -0.15) is 0 Å². The minimum absolute atomic E-state index is 0.0400. The molecule has 0 saturated carbocycles.